The van der Waals surface area contributed by atoms with Crippen LogP contribution in [-0.4, -0.2) is 49.3 Å². The molecule has 2 aromatic heterocycles. The first kappa shape index (κ1) is 24.3. The van der Waals surface area contributed by atoms with E-state index in [0.717, 1.165) is 5.56 Å². The predicted octanol–water partition coefficient (Wildman–Crippen LogP) is 4.18. The Labute approximate surface area is 207 Å². The highest BCUT2D eigenvalue weighted by atomic mass is 19.3. The standard InChI is InChI=1S/C25H28F2N6O3/c1-15-10-19(34)23(36-15)33-21-20(32-24(33)29-12-17-6-8-25(26,27)9-7-17)22(31-14-30-21)35-13-18-4-2-16(11-28)3-5-18/h2-5,14-15,17,19,23,34H,6-10,12-13H2,1H3,(H,29,32)/t15-,19-,23-/m1/s1. The molecule has 2 N–H and O–H groups in total. The van der Waals surface area contributed by atoms with Gasteiger partial charge in [-0.05, 0) is 43.4 Å². The number of fused-ring (bicyclic) bond motifs is 1. The molecule has 0 spiro atoms. The van der Waals surface area contributed by atoms with Gasteiger partial charge in [0.2, 0.25) is 17.8 Å². The quantitative estimate of drug-likeness (QED) is 0.498. The zero-order chi connectivity index (χ0) is 25.3. The van der Waals surface area contributed by atoms with Crippen LogP contribution in [0.5, 0.6) is 5.88 Å². The van der Waals surface area contributed by atoms with E-state index in [4.69, 9.17) is 14.7 Å². The molecular weight excluding hydrogens is 470 g/mol. The van der Waals surface area contributed by atoms with Gasteiger partial charge in [0.05, 0.1) is 17.7 Å². The number of aromatic nitrogens is 4. The molecule has 1 aliphatic heterocycles. The van der Waals surface area contributed by atoms with Gasteiger partial charge in [-0.15, -0.1) is 0 Å². The van der Waals surface area contributed by atoms with Crippen molar-refractivity contribution in [1.29, 1.82) is 5.26 Å². The molecule has 5 rings (SSSR count). The number of ether oxygens (including phenoxy) is 2. The van der Waals surface area contributed by atoms with Gasteiger partial charge in [-0.3, -0.25) is 4.57 Å². The van der Waals surface area contributed by atoms with Crippen LogP contribution in [0, 0.1) is 17.2 Å². The Kier molecular flexibility index (Phi) is 6.73. The summed E-state index contributed by atoms with van der Waals surface area (Å²) in [5.74, 6) is -1.81. The molecule has 1 aromatic carbocycles. The maximum absolute atomic E-state index is 13.6. The second-order valence-electron chi connectivity index (χ2n) is 9.57. The van der Waals surface area contributed by atoms with E-state index in [2.05, 4.69) is 26.3 Å². The third-order valence-electron chi connectivity index (χ3n) is 6.82. The number of anilines is 1. The van der Waals surface area contributed by atoms with Crippen molar-refractivity contribution in [2.45, 2.75) is 70.0 Å². The number of imidazole rings is 1. The summed E-state index contributed by atoms with van der Waals surface area (Å²) in [5.41, 5.74) is 2.26. The molecule has 11 heteroatoms. The van der Waals surface area contributed by atoms with Crippen LogP contribution in [0.1, 0.15) is 56.4 Å². The molecule has 3 heterocycles. The molecule has 3 aromatic rings. The first-order valence-corrected chi connectivity index (χ1v) is 12.1. The highest BCUT2D eigenvalue weighted by Gasteiger charge is 2.37. The Balaban J connectivity index is 1.41. The van der Waals surface area contributed by atoms with Gasteiger partial charge >= 0.3 is 0 Å². The van der Waals surface area contributed by atoms with Crippen molar-refractivity contribution in [2.75, 3.05) is 11.9 Å². The van der Waals surface area contributed by atoms with Crippen molar-refractivity contribution in [3.05, 3.63) is 41.7 Å². The highest BCUT2D eigenvalue weighted by molar-refractivity contribution is 5.79. The molecule has 1 saturated carbocycles. The average Bonchev–Trinajstić information content (AvgIpc) is 3.40. The molecule has 2 fully saturated rings. The Bertz CT molecular complexity index is 1250. The smallest absolute Gasteiger partial charge is 0.248 e. The fourth-order valence-corrected chi connectivity index (χ4v) is 4.80. The van der Waals surface area contributed by atoms with Gasteiger partial charge in [-0.2, -0.15) is 10.2 Å². The summed E-state index contributed by atoms with van der Waals surface area (Å²) in [7, 11) is 0. The van der Waals surface area contributed by atoms with Gasteiger partial charge < -0.3 is 19.9 Å². The third kappa shape index (κ3) is 5.10. The Morgan fingerprint density at radius 2 is 2.00 bits per heavy atom. The zero-order valence-corrected chi connectivity index (χ0v) is 19.9. The lowest BCUT2D eigenvalue weighted by atomic mass is 9.87. The normalized spacial score (nSPS) is 24.0. The fraction of sp³-hybridized carbons (Fsp3) is 0.520. The van der Waals surface area contributed by atoms with Crippen LogP contribution in [0.15, 0.2) is 30.6 Å². The predicted molar refractivity (Wildman–Crippen MR) is 126 cm³/mol. The SMILES string of the molecule is C[C@@H]1C[C@@H](O)[C@H](n2c(NCC3CCC(F)(F)CC3)nc3c(OCc4ccc(C#N)cc4)ncnc32)O1. The second kappa shape index (κ2) is 9.95. The van der Waals surface area contributed by atoms with Crippen LogP contribution >= 0.6 is 0 Å². The van der Waals surface area contributed by atoms with E-state index in [1.165, 1.54) is 6.33 Å². The first-order valence-electron chi connectivity index (χ1n) is 12.1. The first-order chi connectivity index (χ1) is 17.3. The summed E-state index contributed by atoms with van der Waals surface area (Å²) in [5, 5.41) is 22.9. The Hall–Kier alpha value is -3.36. The van der Waals surface area contributed by atoms with E-state index in [0.29, 0.717) is 48.5 Å². The molecule has 0 amide bonds. The number of hydrogen-bond acceptors (Lipinski definition) is 8. The number of benzene rings is 1. The number of aliphatic hydroxyl groups is 1. The van der Waals surface area contributed by atoms with Crippen LogP contribution in [-0.2, 0) is 11.3 Å². The topological polar surface area (TPSA) is 118 Å². The van der Waals surface area contributed by atoms with E-state index in [9.17, 15) is 13.9 Å². The van der Waals surface area contributed by atoms with E-state index in [1.54, 1.807) is 28.8 Å². The van der Waals surface area contributed by atoms with Crippen molar-refractivity contribution in [2.24, 2.45) is 5.92 Å². The minimum Gasteiger partial charge on any atom is -0.471 e. The van der Waals surface area contributed by atoms with Crippen molar-refractivity contribution >= 4 is 17.1 Å². The van der Waals surface area contributed by atoms with Crippen molar-refractivity contribution in [1.82, 2.24) is 19.5 Å². The molecule has 0 bridgehead atoms. The fourth-order valence-electron chi connectivity index (χ4n) is 4.80. The molecule has 36 heavy (non-hydrogen) atoms. The monoisotopic (exact) mass is 498 g/mol. The van der Waals surface area contributed by atoms with Gasteiger partial charge in [0.15, 0.2) is 17.4 Å². The number of alkyl halides is 2. The van der Waals surface area contributed by atoms with Gasteiger partial charge in [-0.1, -0.05) is 12.1 Å². The third-order valence-corrected chi connectivity index (χ3v) is 6.82. The number of nitrogens with one attached hydrogen (secondary N) is 1. The molecule has 0 unspecified atom stereocenters. The lowest BCUT2D eigenvalue weighted by Crippen LogP contribution is -2.29. The summed E-state index contributed by atoms with van der Waals surface area (Å²) < 4.78 is 40.8. The molecule has 3 atom stereocenters. The summed E-state index contributed by atoms with van der Waals surface area (Å²) >= 11 is 0. The summed E-state index contributed by atoms with van der Waals surface area (Å²) in [6, 6.07) is 9.12. The Morgan fingerprint density at radius 3 is 2.67 bits per heavy atom. The van der Waals surface area contributed by atoms with Crippen molar-refractivity contribution in [3.8, 4) is 11.9 Å². The van der Waals surface area contributed by atoms with Gasteiger partial charge in [0.1, 0.15) is 19.0 Å². The molecule has 2 aliphatic rings. The summed E-state index contributed by atoms with van der Waals surface area (Å²) in [6.07, 6.45) is 0.851. The lowest BCUT2D eigenvalue weighted by molar-refractivity contribution is -0.0444. The van der Waals surface area contributed by atoms with Crippen LogP contribution < -0.4 is 10.1 Å². The summed E-state index contributed by atoms with van der Waals surface area (Å²) in [4.78, 5) is 13.4. The highest BCUT2D eigenvalue weighted by Crippen LogP contribution is 2.38. The largest absolute Gasteiger partial charge is 0.471 e. The number of rotatable bonds is 7. The molecule has 1 aliphatic carbocycles. The maximum atomic E-state index is 13.6. The lowest BCUT2D eigenvalue weighted by Gasteiger charge is -2.28. The second-order valence-corrected chi connectivity index (χ2v) is 9.57. The van der Waals surface area contributed by atoms with E-state index < -0.39 is 18.3 Å². The van der Waals surface area contributed by atoms with E-state index in [-0.39, 0.29) is 37.4 Å². The number of halogens is 2. The van der Waals surface area contributed by atoms with Crippen molar-refractivity contribution < 1.29 is 23.4 Å². The molecule has 0 radical (unpaired) electrons. The van der Waals surface area contributed by atoms with Crippen LogP contribution in [0.2, 0.25) is 0 Å². The van der Waals surface area contributed by atoms with Gasteiger partial charge in [-0.25, -0.2) is 18.7 Å². The molecule has 1 saturated heterocycles. The number of nitrogens with zero attached hydrogens (tertiary/aromatic N) is 5. The number of aliphatic hydroxyl groups excluding tert-OH is 1. The molecule has 9 nitrogen and oxygen atoms in total. The van der Waals surface area contributed by atoms with E-state index >= 15 is 0 Å². The average molecular weight is 499 g/mol. The van der Waals surface area contributed by atoms with Crippen molar-refractivity contribution in [3.63, 3.8) is 0 Å². The molecule has 190 valence electrons. The van der Waals surface area contributed by atoms with Crippen LogP contribution in [0.4, 0.5) is 14.7 Å². The minimum absolute atomic E-state index is 0.0874. The maximum Gasteiger partial charge on any atom is 0.248 e. The Morgan fingerprint density at radius 1 is 1.25 bits per heavy atom. The van der Waals surface area contributed by atoms with Crippen LogP contribution in [0.25, 0.3) is 11.2 Å². The van der Waals surface area contributed by atoms with Crippen LogP contribution in [0.3, 0.4) is 0 Å². The summed E-state index contributed by atoms with van der Waals surface area (Å²) in [6.45, 7) is 2.56. The zero-order valence-electron chi connectivity index (χ0n) is 19.9. The van der Waals surface area contributed by atoms with Gasteiger partial charge in [0.25, 0.3) is 0 Å². The molecular formula is C25H28F2N6O3. The van der Waals surface area contributed by atoms with Gasteiger partial charge in [0, 0.05) is 25.8 Å². The number of hydrogen-bond donors (Lipinski definition) is 2. The number of nitriles is 1. The van der Waals surface area contributed by atoms with E-state index in [1.807, 2.05) is 6.92 Å². The minimum atomic E-state index is -2.58.